The summed E-state index contributed by atoms with van der Waals surface area (Å²) in [7, 11) is 0. The topological polar surface area (TPSA) is 4.36 Å². The van der Waals surface area contributed by atoms with Crippen LogP contribution in [0.15, 0.2) is 11.8 Å². The molecule has 0 rings (SSSR count). The Bertz CT molecular complexity index is 170. The molecule has 0 radical (unpaired) electrons. The fraction of sp³-hybridized carbons (Fsp3) is 0.700. The van der Waals surface area contributed by atoms with E-state index in [1.165, 1.54) is 0 Å². The van der Waals surface area contributed by atoms with E-state index in [0.29, 0.717) is 11.8 Å². The number of nitrogens with zero attached hydrogens (tertiary/aromatic N) is 1. The van der Waals surface area contributed by atoms with Crippen molar-refractivity contribution in [2.45, 2.75) is 34.1 Å². The van der Waals surface area contributed by atoms with Crippen LogP contribution in [0.3, 0.4) is 0 Å². The Kier molecular flexibility index (Phi) is 4.61. The molecule has 0 spiro atoms. The van der Waals surface area contributed by atoms with Gasteiger partial charge in [-0.15, -0.1) is 0 Å². The molecule has 0 saturated heterocycles. The predicted octanol–water partition coefficient (Wildman–Crippen LogP) is 3.49. The highest BCUT2D eigenvalue weighted by Gasteiger charge is 2.01. The fourth-order valence-corrected chi connectivity index (χ4v) is 0.767. The summed E-state index contributed by atoms with van der Waals surface area (Å²) in [6.07, 6.45) is 3.08. The first-order valence-electron chi connectivity index (χ1n) is 4.15. The van der Waals surface area contributed by atoms with Crippen molar-refractivity contribution in [1.29, 1.82) is 0 Å². The molecule has 0 saturated carbocycles. The van der Waals surface area contributed by atoms with Crippen LogP contribution in [0.2, 0.25) is 0 Å². The average molecular weight is 151 g/mol. The second-order valence-corrected chi connectivity index (χ2v) is 3.53. The summed E-state index contributed by atoms with van der Waals surface area (Å²) < 4.78 is 0. The van der Waals surface area contributed by atoms with E-state index in [2.05, 4.69) is 38.6 Å². The quantitative estimate of drug-likeness (QED) is 0.544. The highest BCUT2D eigenvalue weighted by Crippen LogP contribution is 2.13. The van der Waals surface area contributed by atoms with Crippen molar-refractivity contribution in [3.63, 3.8) is 0 Å². The van der Waals surface area contributed by atoms with Crippen molar-refractivity contribution in [3.8, 4) is 0 Å². The lowest BCUT2D eigenvalue weighted by atomic mass is 10.1. The molecule has 62 valence electrons. The fourth-order valence-electron chi connectivity index (χ4n) is 0.767. The molecule has 0 fully saturated rings. The van der Waals surface area contributed by atoms with E-state index in [-0.39, 0.29) is 0 Å². The van der Waals surface area contributed by atoms with E-state index in [1.807, 2.05) is 0 Å². The van der Waals surface area contributed by atoms with Crippen LogP contribution in [0.5, 0.6) is 0 Å². The summed E-state index contributed by atoms with van der Waals surface area (Å²) >= 11 is 0. The van der Waals surface area contributed by atoms with Gasteiger partial charge in [0.05, 0.1) is 6.57 Å². The maximum Gasteiger partial charge on any atom is 0.164 e. The minimum Gasteiger partial charge on any atom is -0.243 e. The van der Waals surface area contributed by atoms with E-state index >= 15 is 0 Å². The lowest BCUT2D eigenvalue weighted by molar-refractivity contribution is 0.654. The predicted molar refractivity (Wildman–Crippen MR) is 49.0 cm³/mol. The first-order valence-corrected chi connectivity index (χ1v) is 4.15. The highest BCUT2D eigenvalue weighted by molar-refractivity contribution is 5.12. The molecule has 0 amide bonds. The van der Waals surface area contributed by atoms with Crippen molar-refractivity contribution in [2.75, 3.05) is 0 Å². The third kappa shape index (κ3) is 4.61. The van der Waals surface area contributed by atoms with Gasteiger partial charge in [-0.1, -0.05) is 33.8 Å². The molecule has 0 atom stereocenters. The minimum absolute atomic E-state index is 0.381. The third-order valence-corrected chi connectivity index (χ3v) is 1.52. The Hall–Kier alpha value is -0.770. The van der Waals surface area contributed by atoms with E-state index in [9.17, 15) is 0 Å². The third-order valence-electron chi connectivity index (χ3n) is 1.52. The summed E-state index contributed by atoms with van der Waals surface area (Å²) in [5.74, 6) is 1.04. The van der Waals surface area contributed by atoms with Crippen molar-refractivity contribution in [1.82, 2.24) is 0 Å². The molecular formula is C10H17N. The summed E-state index contributed by atoms with van der Waals surface area (Å²) in [5, 5.41) is 0. The molecule has 1 heteroatoms. The summed E-state index contributed by atoms with van der Waals surface area (Å²) in [5.41, 5.74) is 0.902. The lowest BCUT2D eigenvalue weighted by Crippen LogP contribution is -1.90. The number of hydrogen-bond acceptors (Lipinski definition) is 0. The maximum absolute atomic E-state index is 6.89. The van der Waals surface area contributed by atoms with Gasteiger partial charge in [0.2, 0.25) is 0 Å². The van der Waals surface area contributed by atoms with Crippen LogP contribution in [-0.2, 0) is 0 Å². The molecule has 0 unspecified atom stereocenters. The first kappa shape index (κ1) is 10.2. The van der Waals surface area contributed by atoms with E-state index in [4.69, 9.17) is 6.57 Å². The van der Waals surface area contributed by atoms with Crippen molar-refractivity contribution in [3.05, 3.63) is 23.2 Å². The Morgan fingerprint density at radius 2 is 1.91 bits per heavy atom. The number of allylic oxidation sites excluding steroid dienone is 2. The van der Waals surface area contributed by atoms with Gasteiger partial charge >= 0.3 is 0 Å². The van der Waals surface area contributed by atoms with E-state index in [0.717, 1.165) is 12.1 Å². The molecule has 0 heterocycles. The van der Waals surface area contributed by atoms with Gasteiger partial charge in [0, 0.05) is 0 Å². The zero-order valence-corrected chi connectivity index (χ0v) is 7.89. The molecule has 11 heavy (non-hydrogen) atoms. The van der Waals surface area contributed by atoms with Crippen LogP contribution < -0.4 is 0 Å². The molecule has 0 aliphatic rings. The van der Waals surface area contributed by atoms with Gasteiger partial charge in [0.15, 0.2) is 5.70 Å². The zero-order chi connectivity index (χ0) is 8.85. The van der Waals surface area contributed by atoms with Gasteiger partial charge in [0.25, 0.3) is 0 Å². The van der Waals surface area contributed by atoms with Crippen LogP contribution in [0.25, 0.3) is 4.85 Å². The van der Waals surface area contributed by atoms with Gasteiger partial charge in [0.1, 0.15) is 0 Å². The van der Waals surface area contributed by atoms with Crippen LogP contribution in [0, 0.1) is 18.4 Å². The smallest absolute Gasteiger partial charge is 0.164 e. The standard InChI is InChI=1S/C10H17N/c1-8(2)6-7-10(11-5)9(3)4/h7-9H,6H2,1-4H3/b10-7+. The van der Waals surface area contributed by atoms with E-state index in [1.54, 1.807) is 0 Å². The van der Waals surface area contributed by atoms with Gasteiger partial charge < -0.3 is 0 Å². The average Bonchev–Trinajstić information content (AvgIpc) is 1.87. The van der Waals surface area contributed by atoms with Crippen LogP contribution in [0.1, 0.15) is 34.1 Å². The van der Waals surface area contributed by atoms with Gasteiger partial charge in [-0.25, -0.2) is 4.85 Å². The molecule has 0 N–H and O–H groups in total. The molecule has 0 aromatic heterocycles. The van der Waals surface area contributed by atoms with Crippen LogP contribution in [-0.4, -0.2) is 0 Å². The first-order chi connectivity index (χ1) is 5.07. The highest BCUT2D eigenvalue weighted by atomic mass is 14.7. The van der Waals surface area contributed by atoms with Gasteiger partial charge in [-0.05, 0) is 18.3 Å². The second kappa shape index (κ2) is 4.96. The lowest BCUT2D eigenvalue weighted by Gasteiger charge is -2.02. The number of rotatable bonds is 3. The van der Waals surface area contributed by atoms with Crippen LogP contribution >= 0.6 is 0 Å². The molecule has 0 aliphatic heterocycles. The molecule has 0 aromatic carbocycles. The minimum atomic E-state index is 0.381. The summed E-state index contributed by atoms with van der Waals surface area (Å²) in [6, 6.07) is 0. The Morgan fingerprint density at radius 1 is 1.36 bits per heavy atom. The maximum atomic E-state index is 6.89. The molecule has 0 aromatic rings. The second-order valence-electron chi connectivity index (χ2n) is 3.53. The number of hydrogen-bond donors (Lipinski definition) is 0. The normalized spacial score (nSPS) is 12.3. The Morgan fingerprint density at radius 3 is 2.18 bits per heavy atom. The summed E-state index contributed by atoms with van der Waals surface area (Å²) in [6.45, 7) is 15.3. The van der Waals surface area contributed by atoms with Crippen molar-refractivity contribution >= 4 is 0 Å². The Balaban J connectivity index is 4.05. The summed E-state index contributed by atoms with van der Waals surface area (Å²) in [4.78, 5) is 3.47. The molecule has 1 nitrogen and oxygen atoms in total. The molecular weight excluding hydrogens is 134 g/mol. The Labute approximate surface area is 69.9 Å². The van der Waals surface area contributed by atoms with Crippen LogP contribution in [0.4, 0.5) is 0 Å². The van der Waals surface area contributed by atoms with E-state index < -0.39 is 0 Å². The molecule has 0 bridgehead atoms. The van der Waals surface area contributed by atoms with Crippen molar-refractivity contribution in [2.24, 2.45) is 11.8 Å². The largest absolute Gasteiger partial charge is 0.243 e. The SMILES string of the molecule is [C-]#[N+]/C(=C/CC(C)C)C(C)C. The molecule has 0 aliphatic carbocycles. The van der Waals surface area contributed by atoms with Gasteiger partial charge in [-0.3, -0.25) is 0 Å². The van der Waals surface area contributed by atoms with Gasteiger partial charge in [-0.2, -0.15) is 0 Å². The van der Waals surface area contributed by atoms with Crippen molar-refractivity contribution < 1.29 is 0 Å². The monoisotopic (exact) mass is 151 g/mol. The zero-order valence-electron chi connectivity index (χ0n) is 7.89.